The van der Waals surface area contributed by atoms with Gasteiger partial charge in [-0.1, -0.05) is 17.7 Å². The molecule has 1 N–H and O–H groups in total. The maximum Gasteiger partial charge on any atom is 0.231 e. The first-order chi connectivity index (χ1) is 14.0. The summed E-state index contributed by atoms with van der Waals surface area (Å²) in [4.78, 5) is 16.8. The molecule has 2 aliphatic rings. The lowest BCUT2D eigenvalue weighted by Gasteiger charge is -2.28. The summed E-state index contributed by atoms with van der Waals surface area (Å²) in [6.07, 6.45) is 4.45. The molecule has 0 aliphatic carbocycles. The van der Waals surface area contributed by atoms with Gasteiger partial charge >= 0.3 is 0 Å². The number of hydrogen-bond acceptors (Lipinski definition) is 4. The fourth-order valence-electron chi connectivity index (χ4n) is 4.32. The van der Waals surface area contributed by atoms with Crippen molar-refractivity contribution in [2.45, 2.75) is 38.8 Å². The second-order valence-electron chi connectivity index (χ2n) is 7.84. The minimum Gasteiger partial charge on any atom is -0.454 e. The number of fused-ring (bicyclic) bond motifs is 1. The third-order valence-corrected chi connectivity index (χ3v) is 6.18. The zero-order valence-electron chi connectivity index (χ0n) is 17.0. The highest BCUT2D eigenvalue weighted by molar-refractivity contribution is 6.31. The Morgan fingerprint density at radius 1 is 1.38 bits per heavy atom. The van der Waals surface area contributed by atoms with Crippen molar-refractivity contribution in [2.24, 2.45) is 7.05 Å². The molecule has 1 fully saturated rings. The van der Waals surface area contributed by atoms with Crippen molar-refractivity contribution in [2.75, 3.05) is 26.4 Å². The lowest BCUT2D eigenvalue weighted by molar-refractivity contribution is -0.909. The number of rotatable bonds is 7. The van der Waals surface area contributed by atoms with Gasteiger partial charge in [-0.25, -0.2) is 0 Å². The van der Waals surface area contributed by atoms with E-state index < -0.39 is 0 Å². The van der Waals surface area contributed by atoms with Crippen molar-refractivity contribution in [1.29, 1.82) is 0 Å². The topological polar surface area (TPSA) is 61.0 Å². The number of likely N-dealkylation sites (N-methyl/N-ethyl adjacent to an activating group) is 1. The van der Waals surface area contributed by atoms with Crippen LogP contribution in [0.5, 0.6) is 11.5 Å². The highest BCUT2D eigenvalue weighted by Gasteiger charge is 2.31. The molecule has 2 aliphatic heterocycles. The SMILES string of the molecule is CC[NH+]1CCC[C@H]1CN(Cc1nn(C)cc1Cl)C(=O)Cc1ccc2c(c1)OCO2. The van der Waals surface area contributed by atoms with Crippen molar-refractivity contribution in [1.82, 2.24) is 14.7 Å². The Morgan fingerprint density at radius 2 is 2.21 bits per heavy atom. The van der Waals surface area contributed by atoms with Crippen LogP contribution in [0.15, 0.2) is 24.4 Å². The molecule has 2 aromatic rings. The second-order valence-corrected chi connectivity index (χ2v) is 8.24. The Morgan fingerprint density at radius 3 is 2.97 bits per heavy atom. The van der Waals surface area contributed by atoms with Crippen LogP contribution in [0.2, 0.25) is 5.02 Å². The number of aromatic nitrogens is 2. The van der Waals surface area contributed by atoms with Gasteiger partial charge in [0.2, 0.25) is 12.7 Å². The number of carbonyl (C=O) groups is 1. The molecule has 0 saturated carbocycles. The maximum atomic E-state index is 13.3. The fourth-order valence-corrected chi connectivity index (χ4v) is 4.56. The largest absolute Gasteiger partial charge is 0.454 e. The first-order valence-electron chi connectivity index (χ1n) is 10.2. The van der Waals surface area contributed by atoms with Gasteiger partial charge in [0.05, 0.1) is 37.6 Å². The lowest BCUT2D eigenvalue weighted by atomic mass is 10.1. The predicted octanol–water partition coefficient (Wildman–Crippen LogP) is 1.44. The van der Waals surface area contributed by atoms with Gasteiger partial charge in [0.1, 0.15) is 11.7 Å². The fraction of sp³-hybridized carbons (Fsp3) is 0.524. The molecule has 29 heavy (non-hydrogen) atoms. The normalized spacial score (nSPS) is 20.2. The van der Waals surface area contributed by atoms with E-state index in [1.165, 1.54) is 13.0 Å². The van der Waals surface area contributed by atoms with Gasteiger partial charge in [0.15, 0.2) is 11.5 Å². The quantitative estimate of drug-likeness (QED) is 0.737. The summed E-state index contributed by atoms with van der Waals surface area (Å²) in [5.74, 6) is 1.51. The van der Waals surface area contributed by atoms with Crippen molar-refractivity contribution >= 4 is 17.5 Å². The van der Waals surface area contributed by atoms with Crippen LogP contribution in [0.25, 0.3) is 0 Å². The van der Waals surface area contributed by atoms with E-state index in [0.717, 1.165) is 36.5 Å². The van der Waals surface area contributed by atoms with Crippen LogP contribution in [-0.4, -0.2) is 53.1 Å². The standard InChI is InChI=1S/C21H27ClN4O3/c1-3-25-8-4-5-16(25)11-26(13-18-17(22)12-24(2)23-18)21(27)10-15-6-7-19-20(9-15)29-14-28-19/h6-7,9,12,16H,3-5,8,10-11,13-14H2,1-2H3/p+1/t16-/m0/s1. The van der Waals surface area contributed by atoms with Crippen molar-refractivity contribution in [3.8, 4) is 11.5 Å². The molecule has 1 amide bonds. The van der Waals surface area contributed by atoms with Gasteiger partial charge in [0, 0.05) is 26.1 Å². The van der Waals surface area contributed by atoms with Crippen LogP contribution in [0, 0.1) is 0 Å². The number of nitrogens with zero attached hydrogens (tertiary/aromatic N) is 3. The maximum absolute atomic E-state index is 13.3. The Balaban J connectivity index is 1.51. The number of aryl methyl sites for hydroxylation is 1. The van der Waals surface area contributed by atoms with Crippen LogP contribution in [-0.2, 0) is 24.8 Å². The van der Waals surface area contributed by atoms with E-state index in [4.69, 9.17) is 21.1 Å². The Kier molecular flexibility index (Phi) is 5.96. The van der Waals surface area contributed by atoms with Crippen LogP contribution >= 0.6 is 11.6 Å². The molecule has 1 aromatic carbocycles. The Hall–Kier alpha value is -2.25. The molecular formula is C21H28ClN4O3+. The van der Waals surface area contributed by atoms with E-state index in [-0.39, 0.29) is 12.7 Å². The lowest BCUT2D eigenvalue weighted by Crippen LogP contribution is -3.14. The smallest absolute Gasteiger partial charge is 0.231 e. The van der Waals surface area contributed by atoms with E-state index in [1.54, 1.807) is 15.8 Å². The number of halogens is 1. The van der Waals surface area contributed by atoms with Gasteiger partial charge in [-0.05, 0) is 24.6 Å². The molecule has 1 aromatic heterocycles. The molecule has 3 heterocycles. The predicted molar refractivity (Wildman–Crippen MR) is 109 cm³/mol. The Labute approximate surface area is 176 Å². The molecule has 7 nitrogen and oxygen atoms in total. The van der Waals surface area contributed by atoms with Crippen LogP contribution < -0.4 is 14.4 Å². The second kappa shape index (κ2) is 8.63. The van der Waals surface area contributed by atoms with Crippen LogP contribution in [0.4, 0.5) is 0 Å². The molecule has 0 radical (unpaired) electrons. The van der Waals surface area contributed by atoms with Crippen LogP contribution in [0.3, 0.4) is 0 Å². The van der Waals surface area contributed by atoms with Gasteiger partial charge in [-0.2, -0.15) is 5.10 Å². The number of nitrogens with one attached hydrogen (secondary N) is 1. The third-order valence-electron chi connectivity index (χ3n) is 5.86. The van der Waals surface area contributed by atoms with Gasteiger partial charge in [0.25, 0.3) is 0 Å². The molecule has 8 heteroatoms. The minimum atomic E-state index is 0.0768. The molecule has 2 atom stereocenters. The average molecular weight is 420 g/mol. The first-order valence-corrected chi connectivity index (χ1v) is 10.6. The van der Waals surface area contributed by atoms with Crippen LogP contribution in [0.1, 0.15) is 31.0 Å². The number of carbonyl (C=O) groups excluding carboxylic acids is 1. The zero-order chi connectivity index (χ0) is 20.4. The van der Waals surface area contributed by atoms with E-state index in [9.17, 15) is 4.79 Å². The van der Waals surface area contributed by atoms with Gasteiger partial charge in [-0.3, -0.25) is 9.48 Å². The van der Waals surface area contributed by atoms with E-state index in [0.29, 0.717) is 29.8 Å². The number of benzene rings is 1. The molecule has 156 valence electrons. The first kappa shape index (κ1) is 20.0. The Bertz CT molecular complexity index is 885. The summed E-state index contributed by atoms with van der Waals surface area (Å²) in [5.41, 5.74) is 1.66. The molecular weight excluding hydrogens is 392 g/mol. The molecule has 1 saturated heterocycles. The van der Waals surface area contributed by atoms with E-state index >= 15 is 0 Å². The summed E-state index contributed by atoms with van der Waals surface area (Å²) in [7, 11) is 1.84. The molecule has 4 rings (SSSR count). The number of quaternary nitrogens is 1. The number of hydrogen-bond donors (Lipinski definition) is 1. The van der Waals surface area contributed by atoms with Crippen molar-refractivity contribution in [3.05, 3.63) is 40.7 Å². The monoisotopic (exact) mass is 419 g/mol. The molecule has 0 spiro atoms. The molecule has 1 unspecified atom stereocenters. The summed E-state index contributed by atoms with van der Waals surface area (Å²) in [6, 6.07) is 6.15. The third kappa shape index (κ3) is 4.51. The number of amides is 1. The average Bonchev–Trinajstić information content (AvgIpc) is 3.41. The number of ether oxygens (including phenoxy) is 2. The summed E-state index contributed by atoms with van der Waals surface area (Å²) in [6.45, 7) is 5.85. The summed E-state index contributed by atoms with van der Waals surface area (Å²) >= 11 is 6.33. The van der Waals surface area contributed by atoms with E-state index in [1.807, 2.05) is 30.1 Å². The minimum absolute atomic E-state index is 0.0768. The summed E-state index contributed by atoms with van der Waals surface area (Å²) < 4.78 is 12.5. The van der Waals surface area contributed by atoms with Crippen molar-refractivity contribution in [3.63, 3.8) is 0 Å². The van der Waals surface area contributed by atoms with Gasteiger partial charge < -0.3 is 19.3 Å². The number of likely N-dealkylation sites (tertiary alicyclic amines) is 1. The van der Waals surface area contributed by atoms with Crippen molar-refractivity contribution < 1.29 is 19.2 Å². The highest BCUT2D eigenvalue weighted by Crippen LogP contribution is 2.32. The molecule has 0 bridgehead atoms. The summed E-state index contributed by atoms with van der Waals surface area (Å²) in [5, 5.41) is 5.04. The van der Waals surface area contributed by atoms with Gasteiger partial charge in [-0.15, -0.1) is 0 Å². The highest BCUT2D eigenvalue weighted by atomic mass is 35.5. The zero-order valence-corrected chi connectivity index (χ0v) is 17.7. The van der Waals surface area contributed by atoms with E-state index in [2.05, 4.69) is 12.0 Å².